The summed E-state index contributed by atoms with van der Waals surface area (Å²) in [6.07, 6.45) is 3.86. The van der Waals surface area contributed by atoms with E-state index in [0.29, 0.717) is 0 Å². The number of hydrogen-bond acceptors (Lipinski definition) is 4. The number of pyridine rings is 1. The van der Waals surface area contributed by atoms with E-state index in [1.165, 1.54) is 26.2 Å². The Labute approximate surface area is 350 Å². The van der Waals surface area contributed by atoms with Crippen LogP contribution in [0.4, 0.5) is 17.1 Å². The van der Waals surface area contributed by atoms with Gasteiger partial charge >= 0.3 is 0 Å². The zero-order valence-electron chi connectivity index (χ0n) is 32.2. The van der Waals surface area contributed by atoms with Crippen LogP contribution in [0.15, 0.2) is 207 Å². The summed E-state index contributed by atoms with van der Waals surface area (Å²) in [5.74, 6) is 0. The van der Waals surface area contributed by atoms with Crippen LogP contribution in [0.2, 0.25) is 0 Å². The number of rotatable bonds is 3. The predicted molar refractivity (Wildman–Crippen MR) is 251 cm³/mol. The topological polar surface area (TPSA) is 38.1 Å². The van der Waals surface area contributed by atoms with Crippen molar-refractivity contribution in [3.63, 3.8) is 0 Å². The third-order valence-corrected chi connectivity index (χ3v) is 17.2. The Bertz CT molecular complexity index is 3560. The van der Waals surface area contributed by atoms with E-state index in [2.05, 4.69) is 190 Å². The lowest BCUT2D eigenvalue weighted by Gasteiger charge is -2.50. The van der Waals surface area contributed by atoms with Crippen molar-refractivity contribution < 1.29 is 4.57 Å². The molecule has 3 aromatic heterocycles. The first-order valence-electron chi connectivity index (χ1n) is 20.3. The number of nitrogens with zero attached hydrogens (tertiary/aromatic N) is 3. The summed E-state index contributed by atoms with van der Waals surface area (Å²) in [6.45, 7) is 0. The maximum atomic E-state index is 16.7. The van der Waals surface area contributed by atoms with Crippen molar-refractivity contribution in [2.24, 2.45) is 0 Å². The molecule has 2 atom stereocenters. The molecule has 2 aliphatic heterocycles. The number of aromatic nitrogens is 2. The van der Waals surface area contributed by atoms with Crippen molar-refractivity contribution in [2.75, 3.05) is 4.90 Å². The van der Waals surface area contributed by atoms with Gasteiger partial charge in [-0.2, -0.15) is 0 Å². The second kappa shape index (κ2) is 12.5. The molecule has 11 aromatic rings. The first-order valence-corrected chi connectivity index (χ1v) is 22.8. The molecule has 4 nitrogen and oxygen atoms in total. The quantitative estimate of drug-likeness (QED) is 0.167. The lowest BCUT2D eigenvalue weighted by molar-refractivity contribution is 0.590. The van der Waals surface area contributed by atoms with Gasteiger partial charge in [0.25, 0.3) is 0 Å². The van der Waals surface area contributed by atoms with Crippen molar-refractivity contribution in [2.45, 2.75) is 5.41 Å². The Balaban J connectivity index is 1.22. The van der Waals surface area contributed by atoms with Crippen LogP contribution in [0.3, 0.4) is 0 Å². The Morgan fingerprint density at radius 3 is 2.02 bits per heavy atom. The van der Waals surface area contributed by atoms with Crippen LogP contribution in [0.5, 0.6) is 0 Å². The van der Waals surface area contributed by atoms with Crippen LogP contribution in [0.1, 0.15) is 22.3 Å². The zero-order valence-corrected chi connectivity index (χ0v) is 33.9. The van der Waals surface area contributed by atoms with Gasteiger partial charge in [-0.25, -0.2) is 0 Å². The molecule has 1 spiro atoms. The molecule has 0 radical (unpaired) electrons. The Morgan fingerprint density at radius 2 is 1.15 bits per heavy atom. The molecule has 0 aliphatic carbocycles. The number of thiophene rings is 1. The second-order valence-corrected chi connectivity index (χ2v) is 19.6. The fraction of sp³-hybridized carbons (Fsp3) is 0.0185. The van der Waals surface area contributed by atoms with Gasteiger partial charge in [0.1, 0.15) is 0 Å². The predicted octanol–water partition coefficient (Wildman–Crippen LogP) is 12.7. The minimum Gasteiger partial charge on any atom is -0.310 e. The highest BCUT2D eigenvalue weighted by molar-refractivity contribution is 7.85. The molecule has 0 bridgehead atoms. The van der Waals surface area contributed by atoms with Crippen LogP contribution in [-0.2, 0) is 9.98 Å². The molecule has 0 saturated heterocycles. The molecule has 0 N–H and O–H groups in total. The largest absolute Gasteiger partial charge is 0.310 e. The molecular formula is C54H34N3OPS. The molecule has 6 heteroatoms. The van der Waals surface area contributed by atoms with E-state index in [0.717, 1.165) is 76.7 Å². The first kappa shape index (κ1) is 33.9. The van der Waals surface area contributed by atoms with Gasteiger partial charge in [0, 0.05) is 64.4 Å². The molecule has 5 heterocycles. The van der Waals surface area contributed by atoms with Gasteiger partial charge in [0.2, 0.25) is 0 Å². The molecule has 60 heavy (non-hydrogen) atoms. The van der Waals surface area contributed by atoms with Crippen LogP contribution in [0.25, 0.3) is 47.7 Å². The van der Waals surface area contributed by atoms with Crippen LogP contribution >= 0.6 is 18.5 Å². The van der Waals surface area contributed by atoms with Crippen LogP contribution in [0, 0.1) is 0 Å². The highest BCUT2D eigenvalue weighted by atomic mass is 32.1. The third-order valence-electron chi connectivity index (χ3n) is 12.9. The number of benzene rings is 8. The lowest BCUT2D eigenvalue weighted by Crippen LogP contribution is -2.49. The monoisotopic (exact) mass is 803 g/mol. The minimum atomic E-state index is -3.40. The molecule has 8 aromatic carbocycles. The van der Waals surface area contributed by atoms with Gasteiger partial charge in [-0.1, -0.05) is 133 Å². The number of anilines is 3. The van der Waals surface area contributed by atoms with E-state index < -0.39 is 12.6 Å². The van der Waals surface area contributed by atoms with Gasteiger partial charge in [-0.15, -0.1) is 11.3 Å². The average molecular weight is 804 g/mol. The molecule has 2 aliphatic rings. The van der Waals surface area contributed by atoms with E-state index >= 15 is 4.57 Å². The van der Waals surface area contributed by atoms with E-state index in [1.54, 1.807) is 11.3 Å². The van der Waals surface area contributed by atoms with Crippen LogP contribution in [-0.4, -0.2) is 9.55 Å². The normalized spacial score (nSPS) is 17.8. The van der Waals surface area contributed by atoms with Gasteiger partial charge in [-0.05, 0) is 82.9 Å². The molecule has 2 unspecified atom stereocenters. The summed E-state index contributed by atoms with van der Waals surface area (Å²) in [5, 5.41) is 7.39. The van der Waals surface area contributed by atoms with Crippen molar-refractivity contribution in [3.05, 3.63) is 229 Å². The maximum Gasteiger partial charge on any atom is 0.171 e. The van der Waals surface area contributed by atoms with E-state index in [9.17, 15) is 0 Å². The number of para-hydroxylation sites is 3. The minimum absolute atomic E-state index is 0.829. The average Bonchev–Trinajstić information content (AvgIpc) is 3.86. The molecule has 13 rings (SSSR count). The van der Waals surface area contributed by atoms with Crippen molar-refractivity contribution in [3.8, 4) is 5.69 Å². The summed E-state index contributed by atoms with van der Waals surface area (Å²) in [4.78, 5) is 7.04. The van der Waals surface area contributed by atoms with Crippen molar-refractivity contribution in [1.29, 1.82) is 0 Å². The summed E-state index contributed by atoms with van der Waals surface area (Å²) in [7, 11) is -3.40. The Morgan fingerprint density at radius 1 is 0.467 bits per heavy atom. The molecule has 0 fully saturated rings. The molecule has 0 saturated carbocycles. The van der Waals surface area contributed by atoms with Gasteiger partial charge in [0.15, 0.2) is 7.14 Å². The van der Waals surface area contributed by atoms with E-state index in [1.807, 2.05) is 30.6 Å². The lowest BCUT2D eigenvalue weighted by atomic mass is 9.62. The summed E-state index contributed by atoms with van der Waals surface area (Å²) < 4.78 is 21.4. The smallest absolute Gasteiger partial charge is 0.171 e. The van der Waals surface area contributed by atoms with Crippen LogP contribution < -0.4 is 20.8 Å². The van der Waals surface area contributed by atoms with Gasteiger partial charge in [0.05, 0.1) is 34.0 Å². The highest BCUT2D eigenvalue weighted by Crippen LogP contribution is 2.63. The molecule has 282 valence electrons. The van der Waals surface area contributed by atoms with E-state index in [4.69, 9.17) is 0 Å². The SMILES string of the molecule is O=P1(c2ccccc2)c2ccccc2C2(c3ccccc3N(c3ccccc3)c3cc(-n4c5ccccc5c5ccncc54)ccc32)c2cc3c(cc21)sc1ccccc13. The maximum absolute atomic E-state index is 16.7. The molecule has 0 amide bonds. The Kier molecular flexibility index (Phi) is 7.05. The fourth-order valence-electron chi connectivity index (χ4n) is 10.5. The van der Waals surface area contributed by atoms with Crippen molar-refractivity contribution >= 4 is 93.4 Å². The summed E-state index contributed by atoms with van der Waals surface area (Å²) in [5.41, 5.74) is 10.0. The zero-order chi connectivity index (χ0) is 39.6. The molecular weight excluding hydrogens is 770 g/mol. The van der Waals surface area contributed by atoms with Crippen molar-refractivity contribution in [1.82, 2.24) is 9.55 Å². The third kappa shape index (κ3) is 4.35. The Hall–Kier alpha value is -7.04. The summed E-state index contributed by atoms with van der Waals surface area (Å²) in [6, 6.07) is 69.4. The van der Waals surface area contributed by atoms with Gasteiger partial charge < -0.3 is 14.0 Å². The fourth-order valence-corrected chi connectivity index (χ4v) is 14.9. The first-order chi connectivity index (χ1) is 29.7. The van der Waals surface area contributed by atoms with E-state index in [-0.39, 0.29) is 0 Å². The summed E-state index contributed by atoms with van der Waals surface area (Å²) >= 11 is 1.78. The highest BCUT2D eigenvalue weighted by Gasteiger charge is 2.55. The van der Waals surface area contributed by atoms with Gasteiger partial charge in [-0.3, -0.25) is 4.98 Å². The number of hydrogen-bond donors (Lipinski definition) is 0. The second-order valence-electron chi connectivity index (χ2n) is 15.8. The standard InChI is InChI=1S/C54H34N3OPS/c58-59(37-17-5-2-6-18-37)50-25-13-10-22-44(50)54(45-32-41-40-20-8-14-26-52(40)60-53(41)33-51(45)59)42-21-9-12-24-47(42)56(35-15-3-1-4-16-35)48-31-36(27-28-43(48)54)57-46-23-11-7-19-38(46)39-29-30-55-34-49(39)57/h1-34H. The number of fused-ring (bicyclic) bond motifs is 14.